The monoisotopic (exact) mass is 249 g/mol. The van der Waals surface area contributed by atoms with Crippen LogP contribution in [0.15, 0.2) is 18.2 Å². The molecule has 2 heterocycles. The Hall–Kier alpha value is -1.62. The molecule has 5 heteroatoms. The predicted molar refractivity (Wildman–Crippen MR) is 66.9 cm³/mol. The van der Waals surface area contributed by atoms with E-state index in [1.807, 2.05) is 0 Å². The zero-order valence-electron chi connectivity index (χ0n) is 10.0. The molecule has 0 spiro atoms. The minimum Gasteiger partial charge on any atom is -0.331 e. The van der Waals surface area contributed by atoms with Gasteiger partial charge in [-0.25, -0.2) is 9.18 Å². The second kappa shape index (κ2) is 4.57. The Bertz CT molecular complexity index is 471. The van der Waals surface area contributed by atoms with Crippen molar-refractivity contribution in [1.29, 1.82) is 0 Å². The van der Waals surface area contributed by atoms with Crippen LogP contribution in [0.3, 0.4) is 0 Å². The van der Waals surface area contributed by atoms with E-state index in [-0.39, 0.29) is 17.9 Å². The van der Waals surface area contributed by atoms with Crippen molar-refractivity contribution < 1.29 is 9.18 Å². The molecule has 1 unspecified atom stereocenters. The smallest absolute Gasteiger partial charge is 0.319 e. The van der Waals surface area contributed by atoms with Crippen molar-refractivity contribution >= 4 is 11.7 Å². The summed E-state index contributed by atoms with van der Waals surface area (Å²) in [4.78, 5) is 11.6. The SMILES string of the molecule is O=C1Nc2cc(F)ccc2C(C2CCNCC2)N1. The lowest BCUT2D eigenvalue weighted by molar-refractivity contribution is 0.232. The van der Waals surface area contributed by atoms with Gasteiger partial charge in [-0.1, -0.05) is 6.07 Å². The second-order valence-corrected chi connectivity index (χ2v) is 4.90. The third-order valence-corrected chi connectivity index (χ3v) is 3.74. The van der Waals surface area contributed by atoms with Gasteiger partial charge in [-0.3, -0.25) is 0 Å². The summed E-state index contributed by atoms with van der Waals surface area (Å²) in [6.45, 7) is 1.95. The van der Waals surface area contributed by atoms with Gasteiger partial charge in [0.15, 0.2) is 0 Å². The number of urea groups is 1. The number of carbonyl (C=O) groups excluding carboxylic acids is 1. The summed E-state index contributed by atoms with van der Waals surface area (Å²) in [7, 11) is 0. The Morgan fingerprint density at radius 2 is 2.00 bits per heavy atom. The van der Waals surface area contributed by atoms with Gasteiger partial charge in [0.25, 0.3) is 0 Å². The van der Waals surface area contributed by atoms with E-state index in [1.54, 1.807) is 6.07 Å². The first-order valence-corrected chi connectivity index (χ1v) is 6.32. The van der Waals surface area contributed by atoms with Gasteiger partial charge in [-0.2, -0.15) is 0 Å². The van der Waals surface area contributed by atoms with Gasteiger partial charge in [0, 0.05) is 0 Å². The van der Waals surface area contributed by atoms with Crippen molar-refractivity contribution in [1.82, 2.24) is 10.6 Å². The summed E-state index contributed by atoms with van der Waals surface area (Å²) >= 11 is 0. The summed E-state index contributed by atoms with van der Waals surface area (Å²) in [6, 6.07) is 4.37. The molecule has 0 bridgehead atoms. The number of rotatable bonds is 1. The number of benzene rings is 1. The fourth-order valence-corrected chi connectivity index (χ4v) is 2.83. The predicted octanol–water partition coefficient (Wildman–Crippen LogP) is 2.00. The number of amides is 2. The van der Waals surface area contributed by atoms with E-state index in [2.05, 4.69) is 16.0 Å². The summed E-state index contributed by atoms with van der Waals surface area (Å²) in [5.74, 6) is 0.0986. The molecule has 2 amide bonds. The highest BCUT2D eigenvalue weighted by molar-refractivity contribution is 5.93. The highest BCUT2D eigenvalue weighted by atomic mass is 19.1. The molecule has 2 aliphatic heterocycles. The Balaban J connectivity index is 1.93. The van der Waals surface area contributed by atoms with E-state index in [1.165, 1.54) is 12.1 Å². The fraction of sp³-hybridized carbons (Fsp3) is 0.462. The van der Waals surface area contributed by atoms with Crippen molar-refractivity contribution in [3.05, 3.63) is 29.6 Å². The van der Waals surface area contributed by atoms with Crippen LogP contribution in [-0.2, 0) is 0 Å². The number of carbonyl (C=O) groups is 1. The quantitative estimate of drug-likeness (QED) is 0.713. The van der Waals surface area contributed by atoms with Crippen LogP contribution in [0, 0.1) is 11.7 Å². The zero-order valence-corrected chi connectivity index (χ0v) is 10.0. The molecular weight excluding hydrogens is 233 g/mol. The van der Waals surface area contributed by atoms with Crippen LogP contribution in [0.5, 0.6) is 0 Å². The number of hydrogen-bond donors (Lipinski definition) is 3. The molecule has 2 aliphatic rings. The first kappa shape index (κ1) is 11.5. The van der Waals surface area contributed by atoms with Gasteiger partial charge in [0.05, 0.1) is 11.7 Å². The molecule has 3 rings (SSSR count). The van der Waals surface area contributed by atoms with Crippen LogP contribution in [0.25, 0.3) is 0 Å². The lowest BCUT2D eigenvalue weighted by Gasteiger charge is -2.35. The van der Waals surface area contributed by atoms with Gasteiger partial charge >= 0.3 is 6.03 Å². The fourth-order valence-electron chi connectivity index (χ4n) is 2.83. The topological polar surface area (TPSA) is 53.2 Å². The van der Waals surface area contributed by atoms with Gasteiger partial charge in [0.1, 0.15) is 5.82 Å². The molecular formula is C13H16FN3O. The first-order chi connectivity index (χ1) is 8.74. The summed E-state index contributed by atoms with van der Waals surface area (Å²) in [5, 5.41) is 8.94. The number of nitrogens with one attached hydrogen (secondary N) is 3. The third-order valence-electron chi connectivity index (χ3n) is 3.74. The van der Waals surface area contributed by atoms with Crippen molar-refractivity contribution in [2.24, 2.45) is 5.92 Å². The molecule has 0 radical (unpaired) electrons. The highest BCUT2D eigenvalue weighted by Crippen LogP contribution is 2.35. The number of piperidine rings is 1. The summed E-state index contributed by atoms with van der Waals surface area (Å²) in [5.41, 5.74) is 1.59. The maximum atomic E-state index is 13.2. The van der Waals surface area contributed by atoms with Crippen molar-refractivity contribution in [2.75, 3.05) is 18.4 Å². The van der Waals surface area contributed by atoms with E-state index in [9.17, 15) is 9.18 Å². The normalized spacial score (nSPS) is 24.1. The molecule has 1 aromatic carbocycles. The molecule has 96 valence electrons. The van der Waals surface area contributed by atoms with Crippen molar-refractivity contribution in [2.45, 2.75) is 18.9 Å². The zero-order chi connectivity index (χ0) is 12.5. The molecule has 1 aromatic rings. The molecule has 0 aromatic heterocycles. The number of halogens is 1. The van der Waals surface area contributed by atoms with E-state index in [0.29, 0.717) is 11.6 Å². The molecule has 4 nitrogen and oxygen atoms in total. The van der Waals surface area contributed by atoms with Gasteiger partial charge in [0.2, 0.25) is 0 Å². The van der Waals surface area contributed by atoms with Crippen LogP contribution in [0.1, 0.15) is 24.4 Å². The number of anilines is 1. The van der Waals surface area contributed by atoms with Crippen LogP contribution in [0.2, 0.25) is 0 Å². The Morgan fingerprint density at radius 3 is 2.78 bits per heavy atom. The molecule has 0 aliphatic carbocycles. The lowest BCUT2D eigenvalue weighted by Crippen LogP contribution is -2.43. The highest BCUT2D eigenvalue weighted by Gasteiger charge is 2.31. The van der Waals surface area contributed by atoms with Crippen molar-refractivity contribution in [3.63, 3.8) is 0 Å². The maximum absolute atomic E-state index is 13.2. The molecule has 3 N–H and O–H groups in total. The Kier molecular flexibility index (Phi) is 2.91. The lowest BCUT2D eigenvalue weighted by atomic mass is 9.84. The van der Waals surface area contributed by atoms with Crippen LogP contribution in [0.4, 0.5) is 14.9 Å². The van der Waals surface area contributed by atoms with Crippen LogP contribution in [-0.4, -0.2) is 19.1 Å². The molecule has 1 atom stereocenters. The van der Waals surface area contributed by atoms with E-state index in [4.69, 9.17) is 0 Å². The van der Waals surface area contributed by atoms with Gasteiger partial charge < -0.3 is 16.0 Å². The molecule has 1 saturated heterocycles. The average Bonchev–Trinajstić information content (AvgIpc) is 2.38. The van der Waals surface area contributed by atoms with E-state index in [0.717, 1.165) is 31.5 Å². The third kappa shape index (κ3) is 2.06. The summed E-state index contributed by atoms with van der Waals surface area (Å²) in [6.07, 6.45) is 2.06. The maximum Gasteiger partial charge on any atom is 0.319 e. The van der Waals surface area contributed by atoms with Crippen molar-refractivity contribution in [3.8, 4) is 0 Å². The largest absolute Gasteiger partial charge is 0.331 e. The van der Waals surface area contributed by atoms with E-state index >= 15 is 0 Å². The molecule has 0 saturated carbocycles. The molecule has 18 heavy (non-hydrogen) atoms. The summed E-state index contributed by atoms with van der Waals surface area (Å²) < 4.78 is 13.2. The van der Waals surface area contributed by atoms with Crippen LogP contribution < -0.4 is 16.0 Å². The standard InChI is InChI=1S/C13H16FN3O/c14-9-1-2-10-11(7-9)16-13(18)17-12(10)8-3-5-15-6-4-8/h1-2,7-8,12,15H,3-6H2,(H2,16,17,18). The van der Waals surface area contributed by atoms with E-state index < -0.39 is 0 Å². The van der Waals surface area contributed by atoms with Gasteiger partial charge in [-0.15, -0.1) is 0 Å². The Morgan fingerprint density at radius 1 is 1.22 bits per heavy atom. The van der Waals surface area contributed by atoms with Crippen LogP contribution >= 0.6 is 0 Å². The number of hydrogen-bond acceptors (Lipinski definition) is 2. The number of fused-ring (bicyclic) bond motifs is 1. The minimum absolute atomic E-state index is 0.00329. The first-order valence-electron chi connectivity index (χ1n) is 6.32. The second-order valence-electron chi connectivity index (χ2n) is 4.90. The van der Waals surface area contributed by atoms with Gasteiger partial charge in [-0.05, 0) is 49.5 Å². The minimum atomic E-state index is -0.319. The molecule has 1 fully saturated rings. The Labute approximate surface area is 105 Å². The average molecular weight is 249 g/mol.